The van der Waals surface area contributed by atoms with E-state index in [2.05, 4.69) is 0 Å². The third-order valence-corrected chi connectivity index (χ3v) is 4.74. The van der Waals surface area contributed by atoms with Gasteiger partial charge in [-0.1, -0.05) is 18.2 Å². The van der Waals surface area contributed by atoms with Gasteiger partial charge in [0.15, 0.2) is 17.3 Å². The number of benzene rings is 1. The lowest BCUT2D eigenvalue weighted by Crippen LogP contribution is -2.18. The first-order chi connectivity index (χ1) is 12.6. The molecule has 2 aliphatic rings. The molecule has 0 amide bonds. The van der Waals surface area contributed by atoms with E-state index in [9.17, 15) is 15.0 Å². The van der Waals surface area contributed by atoms with Crippen LogP contribution < -0.4 is 4.74 Å². The van der Waals surface area contributed by atoms with Crippen LogP contribution in [0.5, 0.6) is 11.5 Å². The highest BCUT2D eigenvalue weighted by molar-refractivity contribution is 6.04. The first-order valence-corrected chi connectivity index (χ1v) is 8.36. The minimum absolute atomic E-state index is 0.0213. The summed E-state index contributed by atoms with van der Waals surface area (Å²) in [6.45, 7) is 0.395. The molecule has 1 saturated heterocycles. The molecule has 2 N–H and O–H groups in total. The second-order valence-electron chi connectivity index (χ2n) is 6.27. The average Bonchev–Trinajstić information content (AvgIpc) is 3.06. The van der Waals surface area contributed by atoms with Crippen LogP contribution >= 0.6 is 0 Å². The highest BCUT2D eigenvalue weighted by Gasteiger charge is 2.37. The van der Waals surface area contributed by atoms with Crippen molar-refractivity contribution in [2.45, 2.75) is 6.10 Å². The summed E-state index contributed by atoms with van der Waals surface area (Å²) in [7, 11) is 2.95. The van der Waals surface area contributed by atoms with Crippen molar-refractivity contribution in [3.8, 4) is 11.5 Å². The normalized spacial score (nSPS) is 26.9. The third kappa shape index (κ3) is 3.52. The lowest BCUT2D eigenvalue weighted by molar-refractivity contribution is -0.114. The number of aliphatic hydroxyl groups is 1. The van der Waals surface area contributed by atoms with Gasteiger partial charge < -0.3 is 24.4 Å². The Bertz CT molecular complexity index is 777. The number of carbonyl (C=O) groups is 1. The fourth-order valence-electron chi connectivity index (χ4n) is 3.34. The molecule has 6 nitrogen and oxygen atoms in total. The lowest BCUT2D eigenvalue weighted by Gasteiger charge is -2.20. The topological polar surface area (TPSA) is 85.2 Å². The molecule has 1 aromatic carbocycles. The number of phenolic OH excluding ortho intramolecular Hbond substituents is 1. The molecule has 1 heterocycles. The predicted octanol–water partition coefficient (Wildman–Crippen LogP) is 2.29. The highest BCUT2D eigenvalue weighted by Crippen LogP contribution is 2.41. The molecular formula is C20H22O6. The van der Waals surface area contributed by atoms with Crippen LogP contribution in [0, 0.1) is 11.8 Å². The van der Waals surface area contributed by atoms with Gasteiger partial charge in [0.2, 0.25) is 5.78 Å². The van der Waals surface area contributed by atoms with Gasteiger partial charge in [-0.25, -0.2) is 0 Å². The molecule has 1 aliphatic heterocycles. The summed E-state index contributed by atoms with van der Waals surface area (Å²) >= 11 is 0. The summed E-state index contributed by atoms with van der Waals surface area (Å²) in [5.74, 6) is 0.376. The van der Waals surface area contributed by atoms with Crippen molar-refractivity contribution < 1.29 is 29.2 Å². The number of aliphatic hydroxyl groups excluding tert-OH is 1. The number of phenols is 1. The standard InChI is InChI=1S/C20H22O6/c1-24-18-8-12(3-5-16(18)22)7-14-11-26-20(15(14)10-21)13-4-6-17(23)19(9-13)25-2/h3-9,14-15,20-21,23H,10-11H2,1-2H3/b12-7-/t14-,15-,20+/m1/s1. The van der Waals surface area contributed by atoms with E-state index in [0.29, 0.717) is 12.4 Å². The molecule has 3 atom stereocenters. The maximum absolute atomic E-state index is 11.6. The molecule has 0 radical (unpaired) electrons. The molecule has 0 unspecified atom stereocenters. The number of methoxy groups -OCH3 is 2. The van der Waals surface area contributed by atoms with Crippen LogP contribution in [0.1, 0.15) is 11.7 Å². The molecule has 1 aliphatic carbocycles. The van der Waals surface area contributed by atoms with Gasteiger partial charge in [-0.3, -0.25) is 4.79 Å². The molecular weight excluding hydrogens is 336 g/mol. The van der Waals surface area contributed by atoms with Gasteiger partial charge in [0.25, 0.3) is 0 Å². The number of carbonyl (C=O) groups excluding carboxylic acids is 1. The van der Waals surface area contributed by atoms with E-state index in [1.807, 2.05) is 6.08 Å². The largest absolute Gasteiger partial charge is 0.504 e. The van der Waals surface area contributed by atoms with Crippen molar-refractivity contribution in [1.82, 2.24) is 0 Å². The molecule has 0 aromatic heterocycles. The van der Waals surface area contributed by atoms with Gasteiger partial charge in [0.05, 0.1) is 26.9 Å². The van der Waals surface area contributed by atoms with Crippen molar-refractivity contribution in [2.75, 3.05) is 27.4 Å². The maximum Gasteiger partial charge on any atom is 0.220 e. The zero-order chi connectivity index (χ0) is 18.7. The number of aromatic hydroxyl groups is 1. The van der Waals surface area contributed by atoms with Crippen LogP contribution in [0.3, 0.4) is 0 Å². The summed E-state index contributed by atoms with van der Waals surface area (Å²) < 4.78 is 16.2. The van der Waals surface area contributed by atoms with E-state index in [-0.39, 0.29) is 41.8 Å². The van der Waals surface area contributed by atoms with E-state index < -0.39 is 0 Å². The van der Waals surface area contributed by atoms with E-state index in [1.54, 1.807) is 30.4 Å². The van der Waals surface area contributed by atoms with E-state index in [0.717, 1.165) is 11.1 Å². The van der Waals surface area contributed by atoms with Crippen LogP contribution in [0.25, 0.3) is 0 Å². The fraction of sp³-hybridized carbons (Fsp3) is 0.350. The fourth-order valence-corrected chi connectivity index (χ4v) is 3.34. The van der Waals surface area contributed by atoms with E-state index >= 15 is 0 Å². The first-order valence-electron chi connectivity index (χ1n) is 8.36. The van der Waals surface area contributed by atoms with Crippen LogP contribution in [-0.2, 0) is 14.3 Å². The Morgan fingerprint density at radius 1 is 1.27 bits per heavy atom. The molecule has 3 rings (SSSR count). The van der Waals surface area contributed by atoms with Gasteiger partial charge in [-0.15, -0.1) is 0 Å². The van der Waals surface area contributed by atoms with Gasteiger partial charge in [-0.05, 0) is 35.4 Å². The highest BCUT2D eigenvalue weighted by atomic mass is 16.5. The van der Waals surface area contributed by atoms with Crippen LogP contribution in [0.2, 0.25) is 0 Å². The van der Waals surface area contributed by atoms with Crippen molar-refractivity contribution >= 4 is 5.78 Å². The number of hydrogen-bond acceptors (Lipinski definition) is 6. The minimum Gasteiger partial charge on any atom is -0.504 e. The Labute approximate surface area is 152 Å². The number of allylic oxidation sites excluding steroid dienone is 4. The second kappa shape index (κ2) is 7.76. The molecule has 1 aromatic rings. The first kappa shape index (κ1) is 18.2. The average molecular weight is 358 g/mol. The van der Waals surface area contributed by atoms with Crippen LogP contribution in [-0.4, -0.2) is 43.4 Å². The number of ketones is 1. The predicted molar refractivity (Wildman–Crippen MR) is 94.7 cm³/mol. The molecule has 6 heteroatoms. The minimum atomic E-state index is -0.309. The summed E-state index contributed by atoms with van der Waals surface area (Å²) in [5.41, 5.74) is 1.68. The molecule has 0 spiro atoms. The SMILES string of the molecule is COC1=C/C(=C\[C@@H]2CO[C@@H](c3ccc(O)c(OC)c3)[C@@H]2CO)C=CC1=O. The van der Waals surface area contributed by atoms with Gasteiger partial charge in [0, 0.05) is 18.4 Å². The summed E-state index contributed by atoms with van der Waals surface area (Å²) in [5, 5.41) is 19.7. The quantitative estimate of drug-likeness (QED) is 0.840. The second-order valence-corrected chi connectivity index (χ2v) is 6.27. The van der Waals surface area contributed by atoms with Gasteiger partial charge in [0.1, 0.15) is 0 Å². The Morgan fingerprint density at radius 3 is 2.77 bits per heavy atom. The monoisotopic (exact) mass is 358 g/mol. The van der Waals surface area contributed by atoms with Crippen LogP contribution in [0.4, 0.5) is 0 Å². The number of ether oxygens (including phenoxy) is 3. The molecule has 138 valence electrons. The molecule has 0 bridgehead atoms. The van der Waals surface area contributed by atoms with Crippen molar-refractivity contribution in [2.24, 2.45) is 11.8 Å². The van der Waals surface area contributed by atoms with Crippen molar-refractivity contribution in [3.05, 3.63) is 59.4 Å². The summed E-state index contributed by atoms with van der Waals surface area (Å²) in [6, 6.07) is 5.05. The molecule has 1 fully saturated rings. The molecule has 0 saturated carbocycles. The summed E-state index contributed by atoms with van der Waals surface area (Å²) in [6.07, 6.45) is 6.57. The number of rotatable bonds is 5. The smallest absolute Gasteiger partial charge is 0.220 e. The zero-order valence-electron chi connectivity index (χ0n) is 14.7. The van der Waals surface area contributed by atoms with Gasteiger partial charge >= 0.3 is 0 Å². The Hall–Kier alpha value is -2.57. The van der Waals surface area contributed by atoms with E-state index in [1.165, 1.54) is 20.3 Å². The number of hydrogen-bond donors (Lipinski definition) is 2. The van der Waals surface area contributed by atoms with E-state index in [4.69, 9.17) is 14.2 Å². The van der Waals surface area contributed by atoms with Crippen molar-refractivity contribution in [3.63, 3.8) is 0 Å². The summed E-state index contributed by atoms with van der Waals surface area (Å²) in [4.78, 5) is 11.6. The lowest BCUT2D eigenvalue weighted by atomic mass is 9.86. The Balaban J connectivity index is 1.84. The van der Waals surface area contributed by atoms with Crippen LogP contribution in [0.15, 0.2) is 53.8 Å². The third-order valence-electron chi connectivity index (χ3n) is 4.74. The Morgan fingerprint density at radius 2 is 2.08 bits per heavy atom. The molecule has 26 heavy (non-hydrogen) atoms. The zero-order valence-corrected chi connectivity index (χ0v) is 14.7. The van der Waals surface area contributed by atoms with Crippen molar-refractivity contribution in [1.29, 1.82) is 0 Å². The maximum atomic E-state index is 11.6. The van der Waals surface area contributed by atoms with Gasteiger partial charge in [-0.2, -0.15) is 0 Å². The Kier molecular flexibility index (Phi) is 5.44.